The molecular formula is C21H23N3O4S. The van der Waals surface area contributed by atoms with E-state index in [1.54, 1.807) is 13.8 Å². The number of aryl methyl sites for hydroxylation is 3. The molecule has 1 aromatic carbocycles. The maximum atomic E-state index is 12.5. The fourth-order valence-corrected chi connectivity index (χ4v) is 4.22. The average molecular weight is 413 g/mol. The van der Waals surface area contributed by atoms with Crippen LogP contribution in [0.5, 0.6) is 0 Å². The van der Waals surface area contributed by atoms with Crippen LogP contribution in [0, 0.1) is 20.8 Å². The van der Waals surface area contributed by atoms with Gasteiger partial charge in [0.25, 0.3) is 11.5 Å². The summed E-state index contributed by atoms with van der Waals surface area (Å²) >= 11 is 1.09. The Kier molecular flexibility index (Phi) is 6.12. The number of thiophene rings is 1. The van der Waals surface area contributed by atoms with E-state index in [4.69, 9.17) is 4.74 Å². The topological polar surface area (TPSA) is 101 Å². The molecule has 0 fully saturated rings. The Morgan fingerprint density at radius 1 is 1.21 bits per heavy atom. The Labute approximate surface area is 172 Å². The zero-order valence-electron chi connectivity index (χ0n) is 16.8. The third-order valence-corrected chi connectivity index (χ3v) is 5.83. The number of carbonyl (C=O) groups is 2. The van der Waals surface area contributed by atoms with Gasteiger partial charge in [-0.25, -0.2) is 9.78 Å². The summed E-state index contributed by atoms with van der Waals surface area (Å²) in [4.78, 5) is 44.5. The fourth-order valence-electron chi connectivity index (χ4n) is 3.10. The van der Waals surface area contributed by atoms with E-state index in [2.05, 4.69) is 15.3 Å². The van der Waals surface area contributed by atoms with Crippen molar-refractivity contribution in [1.82, 2.24) is 15.3 Å². The molecule has 29 heavy (non-hydrogen) atoms. The second-order valence-electron chi connectivity index (χ2n) is 6.90. The highest BCUT2D eigenvalue weighted by molar-refractivity contribution is 7.20. The number of H-pyrrole nitrogens is 1. The molecule has 2 aromatic heterocycles. The van der Waals surface area contributed by atoms with Gasteiger partial charge >= 0.3 is 5.97 Å². The van der Waals surface area contributed by atoms with E-state index in [0.717, 1.165) is 22.5 Å². The molecule has 0 bridgehead atoms. The molecule has 1 atom stereocenters. The Morgan fingerprint density at radius 3 is 2.55 bits per heavy atom. The van der Waals surface area contributed by atoms with Crippen molar-refractivity contribution in [2.24, 2.45) is 0 Å². The van der Waals surface area contributed by atoms with Crippen LogP contribution in [0.4, 0.5) is 0 Å². The van der Waals surface area contributed by atoms with Gasteiger partial charge in [-0.2, -0.15) is 0 Å². The quantitative estimate of drug-likeness (QED) is 0.604. The van der Waals surface area contributed by atoms with E-state index < -0.39 is 12.6 Å². The summed E-state index contributed by atoms with van der Waals surface area (Å²) in [6, 6.07) is 7.78. The summed E-state index contributed by atoms with van der Waals surface area (Å²) in [7, 11) is 0. The molecule has 3 rings (SSSR count). The number of amides is 1. The third kappa shape index (κ3) is 4.54. The molecule has 7 nitrogen and oxygen atoms in total. The number of aromatic nitrogens is 2. The van der Waals surface area contributed by atoms with E-state index in [9.17, 15) is 14.4 Å². The minimum absolute atomic E-state index is 0.154. The molecule has 0 spiro atoms. The van der Waals surface area contributed by atoms with Crippen molar-refractivity contribution in [2.45, 2.75) is 40.2 Å². The van der Waals surface area contributed by atoms with Gasteiger partial charge in [0.2, 0.25) is 0 Å². The summed E-state index contributed by atoms with van der Waals surface area (Å²) in [6.45, 7) is 6.94. The minimum atomic E-state index is -0.638. The number of esters is 1. The molecular weight excluding hydrogens is 390 g/mol. The van der Waals surface area contributed by atoms with Crippen molar-refractivity contribution in [3.63, 3.8) is 0 Å². The largest absolute Gasteiger partial charge is 0.451 e. The molecule has 3 aromatic rings. The highest BCUT2D eigenvalue weighted by Gasteiger charge is 2.21. The number of ether oxygens (including phenoxy) is 1. The van der Waals surface area contributed by atoms with Gasteiger partial charge in [-0.3, -0.25) is 9.59 Å². The number of fused-ring (bicyclic) bond motifs is 1. The normalized spacial score (nSPS) is 12.0. The van der Waals surface area contributed by atoms with Crippen LogP contribution < -0.4 is 10.9 Å². The lowest BCUT2D eigenvalue weighted by atomic mass is 10.0. The zero-order chi connectivity index (χ0) is 21.1. The maximum Gasteiger partial charge on any atom is 0.349 e. The molecule has 0 unspecified atom stereocenters. The minimum Gasteiger partial charge on any atom is -0.451 e. The van der Waals surface area contributed by atoms with Crippen LogP contribution in [0.1, 0.15) is 51.6 Å². The van der Waals surface area contributed by atoms with Gasteiger partial charge in [0.1, 0.15) is 15.5 Å². The lowest BCUT2D eigenvalue weighted by Gasteiger charge is -2.17. The van der Waals surface area contributed by atoms with Gasteiger partial charge in [-0.15, -0.1) is 11.3 Å². The maximum absolute atomic E-state index is 12.5. The predicted octanol–water partition coefficient (Wildman–Crippen LogP) is 3.33. The molecule has 2 N–H and O–H groups in total. The summed E-state index contributed by atoms with van der Waals surface area (Å²) in [6.07, 6.45) is 0.714. The third-order valence-electron chi connectivity index (χ3n) is 4.66. The Morgan fingerprint density at radius 2 is 1.90 bits per heavy atom. The van der Waals surface area contributed by atoms with Crippen molar-refractivity contribution >= 4 is 33.4 Å². The van der Waals surface area contributed by atoms with E-state index in [1.165, 1.54) is 0 Å². The van der Waals surface area contributed by atoms with Gasteiger partial charge in [0, 0.05) is 0 Å². The molecule has 0 saturated heterocycles. The molecule has 0 aliphatic rings. The van der Waals surface area contributed by atoms with Crippen molar-refractivity contribution in [1.29, 1.82) is 0 Å². The van der Waals surface area contributed by atoms with Crippen LogP contribution in [0.25, 0.3) is 10.2 Å². The molecule has 8 heteroatoms. The van der Waals surface area contributed by atoms with Gasteiger partial charge in [0.05, 0.1) is 11.4 Å². The lowest BCUT2D eigenvalue weighted by Crippen LogP contribution is -2.32. The second-order valence-corrected chi connectivity index (χ2v) is 7.90. The van der Waals surface area contributed by atoms with Crippen molar-refractivity contribution in [3.8, 4) is 0 Å². The van der Waals surface area contributed by atoms with Gasteiger partial charge in [-0.1, -0.05) is 36.8 Å². The Balaban J connectivity index is 1.67. The number of carbonyl (C=O) groups excluding carboxylic acids is 2. The monoisotopic (exact) mass is 413 g/mol. The molecule has 1 amide bonds. The zero-order valence-corrected chi connectivity index (χ0v) is 17.6. The lowest BCUT2D eigenvalue weighted by molar-refractivity contribution is -0.125. The van der Waals surface area contributed by atoms with Crippen LogP contribution in [0.3, 0.4) is 0 Å². The number of benzene rings is 1. The first-order valence-electron chi connectivity index (χ1n) is 9.33. The molecule has 152 valence electrons. The van der Waals surface area contributed by atoms with E-state index >= 15 is 0 Å². The number of hydrogen-bond donors (Lipinski definition) is 2. The first-order valence-corrected chi connectivity index (χ1v) is 10.1. The van der Waals surface area contributed by atoms with Gasteiger partial charge in [0.15, 0.2) is 6.61 Å². The van der Waals surface area contributed by atoms with Crippen LogP contribution in [0.2, 0.25) is 0 Å². The molecule has 0 radical (unpaired) electrons. The summed E-state index contributed by atoms with van der Waals surface area (Å²) in [5.41, 5.74) is 2.36. The first kappa shape index (κ1) is 20.7. The summed E-state index contributed by atoms with van der Waals surface area (Å²) in [5, 5.41) is 3.26. The van der Waals surface area contributed by atoms with Gasteiger partial charge in [-0.05, 0) is 38.3 Å². The van der Waals surface area contributed by atoms with E-state index in [1.807, 2.05) is 38.1 Å². The molecule has 0 saturated carbocycles. The summed E-state index contributed by atoms with van der Waals surface area (Å²) in [5.74, 6) is -0.540. The standard InChI is InChI=1S/C21H23N3O4S/c1-5-15(14-8-6-11(2)7-9-14)24-16(25)10-28-21(27)18-12(3)17-19(26)22-13(4)23-20(17)29-18/h6-9,15H,5,10H2,1-4H3,(H,24,25)(H,22,23,26)/t15-/m1/s1. The highest BCUT2D eigenvalue weighted by Crippen LogP contribution is 2.27. The number of nitrogens with one attached hydrogen (secondary N) is 2. The van der Waals surface area contributed by atoms with E-state index in [-0.39, 0.29) is 22.4 Å². The molecule has 0 aliphatic carbocycles. The molecule has 2 heterocycles. The number of nitrogens with zero attached hydrogens (tertiary/aromatic N) is 1. The van der Waals surface area contributed by atoms with Crippen molar-refractivity contribution in [3.05, 3.63) is 62.0 Å². The van der Waals surface area contributed by atoms with Crippen molar-refractivity contribution < 1.29 is 14.3 Å². The van der Waals surface area contributed by atoms with Crippen LogP contribution >= 0.6 is 11.3 Å². The van der Waals surface area contributed by atoms with Crippen LogP contribution in [0.15, 0.2) is 29.1 Å². The highest BCUT2D eigenvalue weighted by atomic mass is 32.1. The van der Waals surface area contributed by atoms with Crippen LogP contribution in [-0.2, 0) is 9.53 Å². The smallest absolute Gasteiger partial charge is 0.349 e. The Bertz CT molecular complexity index is 1120. The fraction of sp³-hybridized carbons (Fsp3) is 0.333. The molecule has 0 aliphatic heterocycles. The van der Waals surface area contributed by atoms with Crippen molar-refractivity contribution in [2.75, 3.05) is 6.61 Å². The first-order chi connectivity index (χ1) is 13.8. The Hall–Kier alpha value is -3.00. The number of hydrogen-bond acceptors (Lipinski definition) is 6. The van der Waals surface area contributed by atoms with E-state index in [0.29, 0.717) is 28.0 Å². The number of rotatable bonds is 6. The second kappa shape index (κ2) is 8.57. The summed E-state index contributed by atoms with van der Waals surface area (Å²) < 4.78 is 5.19. The number of aromatic amines is 1. The predicted molar refractivity (Wildman–Crippen MR) is 112 cm³/mol. The van der Waals surface area contributed by atoms with Gasteiger partial charge < -0.3 is 15.0 Å². The van der Waals surface area contributed by atoms with Crippen LogP contribution in [-0.4, -0.2) is 28.5 Å². The SMILES string of the molecule is CC[C@@H](NC(=O)COC(=O)c1sc2nc(C)[nH]c(=O)c2c1C)c1ccc(C)cc1. The average Bonchev–Trinajstić information content (AvgIpc) is 3.01.